The second-order valence-electron chi connectivity index (χ2n) is 13.5. The second kappa shape index (κ2) is 15.4. The number of phenols is 1. The number of aromatic hydroxyl groups is 1. The molecule has 5 bridgehead atoms. The lowest BCUT2D eigenvalue weighted by Gasteiger charge is -2.38. The first kappa shape index (κ1) is 39.9. The summed E-state index contributed by atoms with van der Waals surface area (Å²) in [5, 5.41) is 57.2. The Balaban J connectivity index is 1.89. The highest BCUT2D eigenvalue weighted by molar-refractivity contribution is 6.53. The number of methoxy groups -OCH3 is 1. The molecule has 3 heterocycles. The van der Waals surface area contributed by atoms with Crippen LogP contribution in [0.4, 0.5) is 0 Å². The van der Waals surface area contributed by atoms with Crippen LogP contribution < -0.4 is 10.1 Å². The topological polar surface area (TPSA) is 235 Å². The van der Waals surface area contributed by atoms with Crippen LogP contribution in [0.5, 0.6) is 11.5 Å². The third-order valence-corrected chi connectivity index (χ3v) is 9.99. The van der Waals surface area contributed by atoms with Crippen molar-refractivity contribution in [1.29, 1.82) is 0 Å². The van der Waals surface area contributed by atoms with Gasteiger partial charge in [0.15, 0.2) is 5.76 Å². The van der Waals surface area contributed by atoms with Gasteiger partial charge in [-0.25, -0.2) is 0 Å². The Bertz CT molecular complexity index is 1790. The van der Waals surface area contributed by atoms with Crippen molar-refractivity contribution >= 4 is 35.0 Å². The number of benzene rings is 1. The molecule has 0 unspecified atom stereocenters. The summed E-state index contributed by atoms with van der Waals surface area (Å²) in [4.78, 5) is 66.1. The summed E-state index contributed by atoms with van der Waals surface area (Å²) in [5.74, 6) is -12.4. The lowest BCUT2D eigenvalue weighted by Crippen LogP contribution is -2.47. The van der Waals surface area contributed by atoms with Crippen molar-refractivity contribution in [3.8, 4) is 11.5 Å². The number of allylic oxidation sites excluding steroid dienone is 3. The molecular formula is C37H45NO14. The van der Waals surface area contributed by atoms with Gasteiger partial charge in [-0.2, -0.15) is 0 Å². The zero-order valence-electron chi connectivity index (χ0n) is 30.1. The van der Waals surface area contributed by atoms with Crippen LogP contribution in [0.1, 0.15) is 73.4 Å². The van der Waals surface area contributed by atoms with Gasteiger partial charge >= 0.3 is 11.8 Å². The SMILES string of the molecule is CO[C@H]1/C=C/O[C@@]2(C)Oc3c(C)c(O)c4c(c3C2=O)C(=O)C(=O)C(=C4O)NC(=O)/C(C)=C\C=C\[C@H](CO)[C@H](O)[C@@H](C)[C@@H](O)[C@@H](C)[C@H](OC(C)=O)[C@@H]1C. The number of hydrogen-bond donors (Lipinski definition) is 6. The number of carbonyl (C=O) groups excluding carboxylic acids is 5. The fraction of sp³-hybridized carbons (Fsp3) is 0.486. The van der Waals surface area contributed by atoms with E-state index >= 15 is 0 Å². The van der Waals surface area contributed by atoms with Crippen molar-refractivity contribution in [3.63, 3.8) is 0 Å². The maximum Gasteiger partial charge on any atom is 0.312 e. The van der Waals surface area contributed by atoms with Crippen LogP contribution >= 0.6 is 0 Å². The summed E-state index contributed by atoms with van der Waals surface area (Å²) in [6, 6.07) is 0. The number of aliphatic hydroxyl groups excluding tert-OH is 4. The van der Waals surface area contributed by atoms with Crippen molar-refractivity contribution in [2.24, 2.45) is 23.7 Å². The van der Waals surface area contributed by atoms with E-state index < -0.39 is 124 Å². The Morgan fingerprint density at radius 3 is 2.19 bits per heavy atom. The molecule has 0 saturated carbocycles. The number of phenolic OH excluding ortho intramolecular Hbond substituents is 1. The molecular weight excluding hydrogens is 682 g/mol. The van der Waals surface area contributed by atoms with E-state index in [2.05, 4.69) is 5.32 Å². The monoisotopic (exact) mass is 727 g/mol. The van der Waals surface area contributed by atoms with E-state index in [1.165, 1.54) is 59.1 Å². The zero-order chi connectivity index (χ0) is 39.0. The number of ether oxygens (including phenoxy) is 4. The summed E-state index contributed by atoms with van der Waals surface area (Å²) < 4.78 is 22.9. The molecule has 3 aliphatic heterocycles. The fourth-order valence-electron chi connectivity index (χ4n) is 6.73. The molecule has 0 spiro atoms. The van der Waals surface area contributed by atoms with E-state index in [0.29, 0.717) is 0 Å². The van der Waals surface area contributed by atoms with Gasteiger partial charge in [-0.15, -0.1) is 0 Å². The van der Waals surface area contributed by atoms with Gasteiger partial charge in [-0.1, -0.05) is 39.0 Å². The summed E-state index contributed by atoms with van der Waals surface area (Å²) >= 11 is 0. The third kappa shape index (κ3) is 7.13. The van der Waals surface area contributed by atoms with Gasteiger partial charge in [-0.05, 0) is 19.9 Å². The molecule has 1 amide bonds. The summed E-state index contributed by atoms with van der Waals surface area (Å²) in [6.45, 7) is 9.49. The first-order chi connectivity index (χ1) is 24.3. The number of hydrogen-bond acceptors (Lipinski definition) is 14. The van der Waals surface area contributed by atoms with Crippen LogP contribution in [0.3, 0.4) is 0 Å². The standard InChI is InChI=1S/C37H45NO14/c1-15-10-9-11-21(14-39)28(42)17(3)27(41)18(4)33(51-20(6)40)16(2)22(49-8)12-13-50-37(7)35(47)25-23-24(29(43)19(5)34(25)52-37)30(44)26(38-36(15)48)32(46)31(23)45/h9-13,16-18,21-22,27-28,33,39,41-44H,14H2,1-8H3,(H,38,48)/b11-9+,13-12+,15-10-/t16-,17+,18-,21-,22+,27-,28-,33-,37+/m1/s1. The quantitative estimate of drug-likeness (QED) is 0.194. The van der Waals surface area contributed by atoms with Crippen LogP contribution in [0.2, 0.25) is 0 Å². The van der Waals surface area contributed by atoms with Gasteiger partial charge in [0.1, 0.15) is 23.3 Å². The summed E-state index contributed by atoms with van der Waals surface area (Å²) in [7, 11) is 1.37. The second-order valence-corrected chi connectivity index (χ2v) is 13.5. The molecule has 4 aliphatic rings. The van der Waals surface area contributed by atoms with Crippen molar-refractivity contribution in [1.82, 2.24) is 5.32 Å². The molecule has 9 atom stereocenters. The maximum atomic E-state index is 13.9. The first-order valence-corrected chi connectivity index (χ1v) is 16.7. The van der Waals surface area contributed by atoms with E-state index in [4.69, 9.17) is 18.9 Å². The van der Waals surface area contributed by atoms with Crippen LogP contribution in [-0.4, -0.2) is 98.7 Å². The van der Waals surface area contributed by atoms with Gasteiger partial charge in [0.2, 0.25) is 5.78 Å². The number of esters is 1. The third-order valence-electron chi connectivity index (χ3n) is 9.99. The number of rotatable bonds is 3. The maximum absolute atomic E-state index is 13.9. The van der Waals surface area contributed by atoms with E-state index in [9.17, 15) is 49.5 Å². The van der Waals surface area contributed by atoms with Crippen LogP contribution in [-0.2, 0) is 28.6 Å². The average molecular weight is 728 g/mol. The molecule has 0 radical (unpaired) electrons. The summed E-state index contributed by atoms with van der Waals surface area (Å²) in [5.41, 5.74) is -2.54. The summed E-state index contributed by atoms with van der Waals surface area (Å²) in [6.07, 6.45) is 2.14. The Kier molecular flexibility index (Phi) is 11.8. The lowest BCUT2D eigenvalue weighted by molar-refractivity contribution is -0.160. The lowest BCUT2D eigenvalue weighted by atomic mass is 9.78. The molecule has 5 rings (SSSR count). The molecule has 15 heteroatoms. The normalized spacial score (nSPS) is 33.8. The Morgan fingerprint density at radius 1 is 0.942 bits per heavy atom. The van der Waals surface area contributed by atoms with Crippen LogP contribution in [0.25, 0.3) is 5.76 Å². The molecule has 0 fully saturated rings. The van der Waals surface area contributed by atoms with Gasteiger partial charge in [0, 0.05) is 55.8 Å². The van der Waals surface area contributed by atoms with Crippen molar-refractivity contribution in [2.75, 3.05) is 13.7 Å². The average Bonchev–Trinajstić information content (AvgIpc) is 3.37. The number of fused-ring (bicyclic) bond motifs is 14. The zero-order valence-corrected chi connectivity index (χ0v) is 30.1. The first-order valence-electron chi connectivity index (χ1n) is 16.7. The fourth-order valence-corrected chi connectivity index (χ4v) is 6.73. The highest BCUT2D eigenvalue weighted by Crippen LogP contribution is 2.49. The van der Waals surface area contributed by atoms with Gasteiger partial charge in [0.05, 0.1) is 47.9 Å². The smallest absolute Gasteiger partial charge is 0.312 e. The molecule has 1 aromatic rings. The predicted molar refractivity (Wildman–Crippen MR) is 183 cm³/mol. The number of carbonyl (C=O) groups is 5. The van der Waals surface area contributed by atoms with E-state index in [-0.39, 0.29) is 16.9 Å². The van der Waals surface area contributed by atoms with Crippen molar-refractivity contribution < 1.29 is 68.5 Å². The minimum Gasteiger partial charge on any atom is -0.507 e. The van der Waals surface area contributed by atoms with Crippen LogP contribution in [0.15, 0.2) is 41.8 Å². The molecule has 15 nitrogen and oxygen atoms in total. The number of nitrogens with one attached hydrogen (secondary N) is 1. The Morgan fingerprint density at radius 2 is 1.60 bits per heavy atom. The van der Waals surface area contributed by atoms with E-state index in [1.807, 2.05) is 0 Å². The predicted octanol–water partition coefficient (Wildman–Crippen LogP) is 2.33. The molecule has 6 N–H and O–H groups in total. The van der Waals surface area contributed by atoms with Crippen molar-refractivity contribution in [2.45, 2.75) is 78.7 Å². The number of aliphatic hydroxyl groups is 4. The van der Waals surface area contributed by atoms with Crippen molar-refractivity contribution in [3.05, 3.63) is 64.1 Å². The molecule has 1 aliphatic carbocycles. The highest BCUT2D eigenvalue weighted by atomic mass is 16.7. The van der Waals surface area contributed by atoms with Gasteiger partial charge in [-0.3, -0.25) is 24.0 Å². The number of ketones is 3. The minimum absolute atomic E-state index is 0.0326. The Hall–Kier alpha value is -4.83. The Labute approximate surface area is 300 Å². The number of amides is 1. The van der Waals surface area contributed by atoms with Crippen LogP contribution in [0, 0.1) is 30.6 Å². The minimum atomic E-state index is -2.14. The highest BCUT2D eigenvalue weighted by Gasteiger charge is 2.53. The molecule has 52 heavy (non-hydrogen) atoms. The number of Topliss-reactive ketones (excluding diaryl/α,β-unsaturated/α-hetero) is 3. The van der Waals surface area contributed by atoms with E-state index in [0.717, 1.165) is 6.26 Å². The van der Waals surface area contributed by atoms with Gasteiger partial charge in [0.25, 0.3) is 17.5 Å². The molecule has 1 aromatic carbocycles. The molecule has 0 aromatic heterocycles. The molecule has 0 saturated heterocycles. The molecule has 282 valence electrons. The van der Waals surface area contributed by atoms with Gasteiger partial charge < -0.3 is 49.8 Å². The largest absolute Gasteiger partial charge is 0.507 e. The van der Waals surface area contributed by atoms with E-state index in [1.54, 1.807) is 20.8 Å².